The third-order valence-electron chi connectivity index (χ3n) is 3.55. The van der Waals surface area contributed by atoms with Gasteiger partial charge in [0.05, 0.1) is 22.9 Å². The molecule has 0 fully saturated rings. The standard InChI is InChI=1S/C16H15ClN4O2/c1-9-15(10(2)23-20-9)12-4-14(18)16(22)21(8-12)7-11-3-13(17)6-19-5-11/h3-6,8H,7,18H2,1-2H3. The minimum absolute atomic E-state index is 0.164. The molecular formula is C16H15ClN4O2. The molecule has 0 aliphatic heterocycles. The van der Waals surface area contributed by atoms with E-state index in [1.165, 1.54) is 4.57 Å². The van der Waals surface area contributed by atoms with Crippen LogP contribution in [0.3, 0.4) is 0 Å². The lowest BCUT2D eigenvalue weighted by Gasteiger charge is -2.10. The Morgan fingerprint density at radius 3 is 2.74 bits per heavy atom. The van der Waals surface area contributed by atoms with Crippen LogP contribution in [0.2, 0.25) is 5.02 Å². The van der Waals surface area contributed by atoms with Crippen molar-refractivity contribution in [2.45, 2.75) is 20.4 Å². The molecule has 3 aromatic rings. The monoisotopic (exact) mass is 330 g/mol. The van der Waals surface area contributed by atoms with Crippen LogP contribution in [0, 0.1) is 13.8 Å². The van der Waals surface area contributed by atoms with Gasteiger partial charge in [-0.3, -0.25) is 9.78 Å². The normalized spacial score (nSPS) is 10.9. The minimum atomic E-state index is -0.263. The van der Waals surface area contributed by atoms with E-state index in [-0.39, 0.29) is 11.2 Å². The Morgan fingerprint density at radius 2 is 2.09 bits per heavy atom. The number of nitrogen functional groups attached to an aromatic ring is 1. The molecule has 0 saturated carbocycles. The minimum Gasteiger partial charge on any atom is -0.394 e. The third kappa shape index (κ3) is 2.98. The van der Waals surface area contributed by atoms with E-state index >= 15 is 0 Å². The molecular weight excluding hydrogens is 316 g/mol. The van der Waals surface area contributed by atoms with Crippen molar-refractivity contribution in [3.05, 3.63) is 63.1 Å². The molecule has 7 heteroatoms. The van der Waals surface area contributed by atoms with Crippen molar-refractivity contribution in [1.29, 1.82) is 0 Å². The Morgan fingerprint density at radius 1 is 1.30 bits per heavy atom. The van der Waals surface area contributed by atoms with Crippen LogP contribution < -0.4 is 11.3 Å². The topological polar surface area (TPSA) is 86.9 Å². The van der Waals surface area contributed by atoms with Gasteiger partial charge in [-0.05, 0) is 31.5 Å². The molecule has 3 aromatic heterocycles. The summed E-state index contributed by atoms with van der Waals surface area (Å²) in [5.74, 6) is 0.677. The van der Waals surface area contributed by atoms with Gasteiger partial charge in [-0.1, -0.05) is 16.8 Å². The van der Waals surface area contributed by atoms with Gasteiger partial charge in [0.1, 0.15) is 5.76 Å². The predicted octanol–water partition coefficient (Wildman–Crippen LogP) is 2.80. The van der Waals surface area contributed by atoms with Crippen molar-refractivity contribution in [2.75, 3.05) is 5.73 Å². The fraction of sp³-hybridized carbons (Fsp3) is 0.188. The van der Waals surface area contributed by atoms with Gasteiger partial charge >= 0.3 is 0 Å². The van der Waals surface area contributed by atoms with E-state index in [9.17, 15) is 4.79 Å². The number of nitrogens with zero attached hydrogens (tertiary/aromatic N) is 3. The molecule has 0 aliphatic carbocycles. The van der Waals surface area contributed by atoms with Crippen molar-refractivity contribution >= 4 is 17.3 Å². The Bertz CT molecular complexity index is 911. The van der Waals surface area contributed by atoms with Crippen LogP contribution in [0.15, 0.2) is 40.0 Å². The molecule has 0 atom stereocenters. The number of aryl methyl sites for hydroxylation is 2. The van der Waals surface area contributed by atoms with Gasteiger partial charge in [0, 0.05) is 29.7 Å². The molecule has 0 radical (unpaired) electrons. The molecule has 23 heavy (non-hydrogen) atoms. The quantitative estimate of drug-likeness (QED) is 0.798. The van der Waals surface area contributed by atoms with E-state index in [4.69, 9.17) is 21.9 Å². The van der Waals surface area contributed by atoms with E-state index in [1.807, 2.05) is 13.8 Å². The van der Waals surface area contributed by atoms with Crippen LogP contribution in [-0.4, -0.2) is 14.7 Å². The van der Waals surface area contributed by atoms with Gasteiger partial charge in [-0.15, -0.1) is 0 Å². The van der Waals surface area contributed by atoms with Crippen LogP contribution in [0.25, 0.3) is 11.1 Å². The first kappa shape index (κ1) is 15.3. The number of nitrogens with two attached hydrogens (primary N) is 1. The molecule has 3 heterocycles. The lowest BCUT2D eigenvalue weighted by Crippen LogP contribution is -2.23. The highest BCUT2D eigenvalue weighted by Gasteiger charge is 2.14. The highest BCUT2D eigenvalue weighted by molar-refractivity contribution is 6.30. The van der Waals surface area contributed by atoms with Gasteiger partial charge in [-0.2, -0.15) is 0 Å². The van der Waals surface area contributed by atoms with Crippen molar-refractivity contribution in [3.63, 3.8) is 0 Å². The van der Waals surface area contributed by atoms with Crippen LogP contribution in [0.1, 0.15) is 17.0 Å². The molecule has 0 saturated heterocycles. The highest BCUT2D eigenvalue weighted by atomic mass is 35.5. The Kier molecular flexibility index (Phi) is 3.92. The van der Waals surface area contributed by atoms with Crippen molar-refractivity contribution in [2.24, 2.45) is 0 Å². The summed E-state index contributed by atoms with van der Waals surface area (Å²) in [7, 11) is 0. The maximum Gasteiger partial charge on any atom is 0.274 e. The molecule has 6 nitrogen and oxygen atoms in total. The molecule has 0 unspecified atom stereocenters. The molecule has 0 amide bonds. The van der Waals surface area contributed by atoms with Crippen LogP contribution in [-0.2, 0) is 6.54 Å². The molecule has 2 N–H and O–H groups in total. The van der Waals surface area contributed by atoms with Crippen LogP contribution in [0.4, 0.5) is 5.69 Å². The Balaban J connectivity index is 2.09. The SMILES string of the molecule is Cc1noc(C)c1-c1cc(N)c(=O)n(Cc2cncc(Cl)c2)c1. The predicted molar refractivity (Wildman–Crippen MR) is 88.4 cm³/mol. The fourth-order valence-corrected chi connectivity index (χ4v) is 2.74. The van der Waals surface area contributed by atoms with Gasteiger partial charge in [0.25, 0.3) is 5.56 Å². The van der Waals surface area contributed by atoms with E-state index < -0.39 is 0 Å². The third-order valence-corrected chi connectivity index (χ3v) is 3.76. The van der Waals surface area contributed by atoms with Gasteiger partial charge in [0.15, 0.2) is 0 Å². The number of aromatic nitrogens is 3. The summed E-state index contributed by atoms with van der Waals surface area (Å²) < 4.78 is 6.72. The molecule has 3 rings (SSSR count). The number of halogens is 1. The number of pyridine rings is 2. The molecule has 0 aromatic carbocycles. The molecule has 0 bridgehead atoms. The van der Waals surface area contributed by atoms with Gasteiger partial charge in [-0.25, -0.2) is 0 Å². The van der Waals surface area contributed by atoms with E-state index in [0.29, 0.717) is 17.3 Å². The van der Waals surface area contributed by atoms with E-state index in [2.05, 4.69) is 10.1 Å². The summed E-state index contributed by atoms with van der Waals surface area (Å²) in [6.45, 7) is 3.99. The molecule has 0 aliphatic rings. The zero-order chi connectivity index (χ0) is 16.6. The van der Waals surface area contributed by atoms with Gasteiger partial charge < -0.3 is 14.8 Å². The summed E-state index contributed by atoms with van der Waals surface area (Å²) in [5.41, 5.74) is 8.98. The van der Waals surface area contributed by atoms with Gasteiger partial charge in [0.2, 0.25) is 0 Å². The first-order valence-electron chi connectivity index (χ1n) is 6.98. The van der Waals surface area contributed by atoms with Crippen molar-refractivity contribution in [1.82, 2.24) is 14.7 Å². The van der Waals surface area contributed by atoms with E-state index in [0.717, 1.165) is 22.4 Å². The summed E-state index contributed by atoms with van der Waals surface area (Å²) in [6.07, 6.45) is 4.95. The lowest BCUT2D eigenvalue weighted by atomic mass is 10.1. The second-order valence-corrected chi connectivity index (χ2v) is 5.76. The maximum atomic E-state index is 12.3. The first-order chi connectivity index (χ1) is 11.0. The first-order valence-corrected chi connectivity index (χ1v) is 7.36. The fourth-order valence-electron chi connectivity index (χ4n) is 2.55. The zero-order valence-electron chi connectivity index (χ0n) is 12.7. The average Bonchev–Trinajstić information content (AvgIpc) is 2.83. The highest BCUT2D eigenvalue weighted by Crippen LogP contribution is 2.27. The van der Waals surface area contributed by atoms with Crippen molar-refractivity contribution in [3.8, 4) is 11.1 Å². The maximum absolute atomic E-state index is 12.3. The number of anilines is 1. The second kappa shape index (κ2) is 5.89. The summed E-state index contributed by atoms with van der Waals surface area (Å²) >= 11 is 5.94. The summed E-state index contributed by atoms with van der Waals surface area (Å²) in [6, 6.07) is 3.40. The summed E-state index contributed by atoms with van der Waals surface area (Å²) in [4.78, 5) is 16.3. The molecule has 118 valence electrons. The van der Waals surface area contributed by atoms with Crippen molar-refractivity contribution < 1.29 is 4.52 Å². The zero-order valence-corrected chi connectivity index (χ0v) is 13.5. The number of hydrogen-bond acceptors (Lipinski definition) is 5. The van der Waals surface area contributed by atoms with Crippen LogP contribution in [0.5, 0.6) is 0 Å². The summed E-state index contributed by atoms with van der Waals surface area (Å²) in [5, 5.41) is 4.46. The second-order valence-electron chi connectivity index (χ2n) is 5.33. The number of hydrogen-bond donors (Lipinski definition) is 1. The van der Waals surface area contributed by atoms with Crippen LogP contribution >= 0.6 is 11.6 Å². The van der Waals surface area contributed by atoms with E-state index in [1.54, 1.807) is 30.7 Å². The molecule has 0 spiro atoms. The lowest BCUT2D eigenvalue weighted by molar-refractivity contribution is 0.393. The average molecular weight is 331 g/mol. The smallest absolute Gasteiger partial charge is 0.274 e. The Hall–Kier alpha value is -2.60. The number of rotatable bonds is 3. The Labute approximate surface area is 137 Å². The largest absolute Gasteiger partial charge is 0.394 e.